The van der Waals surface area contributed by atoms with E-state index in [-0.39, 0.29) is 10.5 Å². The first-order chi connectivity index (χ1) is 11.7. The number of primary sulfonamides is 1. The van der Waals surface area contributed by atoms with Crippen LogP contribution in [-0.4, -0.2) is 26.4 Å². The van der Waals surface area contributed by atoms with Crippen molar-refractivity contribution in [2.45, 2.75) is 17.9 Å². The number of ether oxygens (including phenoxy) is 1. The molecule has 9 heteroatoms. The molecule has 0 heterocycles. The smallest absolute Gasteiger partial charge is 0.338 e. The number of carbonyl (C=O) groups excluding carboxylic acids is 2. The molecular formula is C16H15ClN2O5S. The van der Waals surface area contributed by atoms with Crippen molar-refractivity contribution < 1.29 is 22.7 Å². The van der Waals surface area contributed by atoms with Crippen LogP contribution in [-0.2, 0) is 19.6 Å². The predicted octanol–water partition coefficient (Wildman–Crippen LogP) is 2.17. The summed E-state index contributed by atoms with van der Waals surface area (Å²) in [4.78, 5) is 23.9. The van der Waals surface area contributed by atoms with Crippen molar-refractivity contribution in [1.82, 2.24) is 0 Å². The van der Waals surface area contributed by atoms with Gasteiger partial charge in [0.05, 0.1) is 10.5 Å². The van der Waals surface area contributed by atoms with Crippen molar-refractivity contribution in [2.24, 2.45) is 5.14 Å². The number of esters is 1. The standard InChI is InChI=1S/C16H15ClN2O5S/c1-10(24-16(21)11-2-4-12(17)5-3-11)15(20)19-13-6-8-14(9-7-13)25(18,22)23/h2-10H,1H3,(H,19,20)(H2,18,22,23)/t10-/m0/s1. The number of sulfonamides is 1. The number of nitrogens with one attached hydrogen (secondary N) is 1. The second-order valence-electron chi connectivity index (χ2n) is 5.11. The van der Waals surface area contributed by atoms with Crippen molar-refractivity contribution in [2.75, 3.05) is 5.32 Å². The minimum Gasteiger partial charge on any atom is -0.449 e. The lowest BCUT2D eigenvalue weighted by Crippen LogP contribution is -2.30. The zero-order valence-electron chi connectivity index (χ0n) is 13.1. The predicted molar refractivity (Wildman–Crippen MR) is 92.8 cm³/mol. The minimum absolute atomic E-state index is 0.0762. The number of benzene rings is 2. The second-order valence-corrected chi connectivity index (χ2v) is 7.11. The van der Waals surface area contributed by atoms with Crippen LogP contribution in [0.4, 0.5) is 5.69 Å². The maximum Gasteiger partial charge on any atom is 0.338 e. The molecular weight excluding hydrogens is 368 g/mol. The van der Waals surface area contributed by atoms with Gasteiger partial charge in [0.25, 0.3) is 5.91 Å². The molecule has 2 aromatic rings. The van der Waals surface area contributed by atoms with Gasteiger partial charge in [0.15, 0.2) is 6.10 Å². The van der Waals surface area contributed by atoms with E-state index >= 15 is 0 Å². The lowest BCUT2D eigenvalue weighted by Gasteiger charge is -2.13. The van der Waals surface area contributed by atoms with Gasteiger partial charge in [-0.2, -0.15) is 0 Å². The number of anilines is 1. The van der Waals surface area contributed by atoms with Gasteiger partial charge in [0.1, 0.15) is 0 Å². The third-order valence-corrected chi connectivity index (χ3v) is 4.36. The molecule has 0 spiro atoms. The average Bonchev–Trinajstić information content (AvgIpc) is 2.55. The summed E-state index contributed by atoms with van der Waals surface area (Å²) in [7, 11) is -3.81. The molecule has 0 aliphatic carbocycles. The van der Waals surface area contributed by atoms with E-state index in [1.165, 1.54) is 55.5 Å². The van der Waals surface area contributed by atoms with Gasteiger partial charge in [0, 0.05) is 10.7 Å². The Labute approximate surface area is 149 Å². The van der Waals surface area contributed by atoms with E-state index < -0.39 is 28.0 Å². The molecule has 0 bridgehead atoms. The SMILES string of the molecule is C[C@H](OC(=O)c1ccc(Cl)cc1)C(=O)Nc1ccc(S(N)(=O)=O)cc1. The summed E-state index contributed by atoms with van der Waals surface area (Å²) >= 11 is 5.74. The molecule has 0 saturated carbocycles. The summed E-state index contributed by atoms with van der Waals surface area (Å²) in [6, 6.07) is 11.3. The molecule has 0 aromatic heterocycles. The Kier molecular flexibility index (Phi) is 5.78. The van der Waals surface area contributed by atoms with Gasteiger partial charge in [-0.15, -0.1) is 0 Å². The van der Waals surface area contributed by atoms with Crippen LogP contribution < -0.4 is 10.5 Å². The van der Waals surface area contributed by atoms with Crippen LogP contribution in [0.25, 0.3) is 0 Å². The Morgan fingerprint density at radius 2 is 1.64 bits per heavy atom. The highest BCUT2D eigenvalue weighted by molar-refractivity contribution is 7.89. The number of hydrogen-bond donors (Lipinski definition) is 2. The summed E-state index contributed by atoms with van der Waals surface area (Å²) in [6.07, 6.45) is -1.05. The molecule has 0 fully saturated rings. The molecule has 132 valence electrons. The van der Waals surface area contributed by atoms with Crippen LogP contribution in [0.15, 0.2) is 53.4 Å². The Bertz CT molecular complexity index is 880. The van der Waals surface area contributed by atoms with Crippen molar-refractivity contribution in [3.8, 4) is 0 Å². The van der Waals surface area contributed by atoms with Gasteiger partial charge >= 0.3 is 5.97 Å². The van der Waals surface area contributed by atoms with E-state index in [0.29, 0.717) is 10.7 Å². The van der Waals surface area contributed by atoms with E-state index in [1.54, 1.807) is 0 Å². The monoisotopic (exact) mass is 382 g/mol. The zero-order valence-corrected chi connectivity index (χ0v) is 14.7. The highest BCUT2D eigenvalue weighted by Gasteiger charge is 2.19. The van der Waals surface area contributed by atoms with Crippen LogP contribution in [0.1, 0.15) is 17.3 Å². The van der Waals surface area contributed by atoms with Crippen molar-refractivity contribution in [3.05, 3.63) is 59.1 Å². The molecule has 0 aliphatic heterocycles. The fourth-order valence-electron chi connectivity index (χ4n) is 1.84. The topological polar surface area (TPSA) is 116 Å². The largest absolute Gasteiger partial charge is 0.449 e. The Balaban J connectivity index is 1.98. The molecule has 0 saturated heterocycles. The van der Waals surface area contributed by atoms with Crippen LogP contribution in [0.2, 0.25) is 5.02 Å². The van der Waals surface area contributed by atoms with E-state index in [2.05, 4.69) is 5.32 Å². The van der Waals surface area contributed by atoms with E-state index in [9.17, 15) is 18.0 Å². The highest BCUT2D eigenvalue weighted by Crippen LogP contribution is 2.14. The minimum atomic E-state index is -3.81. The first-order valence-corrected chi connectivity index (χ1v) is 8.99. The first-order valence-electron chi connectivity index (χ1n) is 7.07. The van der Waals surface area contributed by atoms with Crippen molar-refractivity contribution in [1.29, 1.82) is 0 Å². The van der Waals surface area contributed by atoms with Crippen LogP contribution in [0.3, 0.4) is 0 Å². The molecule has 25 heavy (non-hydrogen) atoms. The second kappa shape index (κ2) is 7.64. The fourth-order valence-corrected chi connectivity index (χ4v) is 2.48. The lowest BCUT2D eigenvalue weighted by molar-refractivity contribution is -0.123. The Morgan fingerprint density at radius 1 is 1.08 bits per heavy atom. The number of carbonyl (C=O) groups is 2. The van der Waals surface area contributed by atoms with Gasteiger partial charge in [-0.05, 0) is 55.5 Å². The number of hydrogen-bond acceptors (Lipinski definition) is 5. The number of amides is 1. The number of nitrogens with two attached hydrogens (primary N) is 1. The first kappa shape index (κ1) is 18.9. The third-order valence-electron chi connectivity index (χ3n) is 3.18. The summed E-state index contributed by atoms with van der Waals surface area (Å²) in [5, 5.41) is 7.99. The van der Waals surface area contributed by atoms with E-state index in [4.69, 9.17) is 21.5 Å². The molecule has 2 aromatic carbocycles. The number of rotatable bonds is 5. The van der Waals surface area contributed by atoms with E-state index in [1.807, 2.05) is 0 Å². The molecule has 1 atom stereocenters. The molecule has 1 amide bonds. The molecule has 0 radical (unpaired) electrons. The number of halogens is 1. The molecule has 3 N–H and O–H groups in total. The zero-order chi connectivity index (χ0) is 18.6. The summed E-state index contributed by atoms with van der Waals surface area (Å²) < 4.78 is 27.4. The van der Waals surface area contributed by atoms with Gasteiger partial charge in [0.2, 0.25) is 10.0 Å². The van der Waals surface area contributed by atoms with Gasteiger partial charge in [-0.25, -0.2) is 18.4 Å². The quantitative estimate of drug-likeness (QED) is 0.769. The van der Waals surface area contributed by atoms with Crippen molar-refractivity contribution in [3.63, 3.8) is 0 Å². The third kappa shape index (κ3) is 5.28. The normalized spacial score (nSPS) is 12.3. The van der Waals surface area contributed by atoms with Crippen molar-refractivity contribution >= 4 is 39.2 Å². The van der Waals surface area contributed by atoms with E-state index in [0.717, 1.165) is 0 Å². The molecule has 2 rings (SSSR count). The maximum atomic E-state index is 12.1. The van der Waals surface area contributed by atoms with Gasteiger partial charge < -0.3 is 10.1 Å². The van der Waals surface area contributed by atoms with Crippen LogP contribution >= 0.6 is 11.6 Å². The Hall–Kier alpha value is -2.42. The molecule has 7 nitrogen and oxygen atoms in total. The van der Waals surface area contributed by atoms with Gasteiger partial charge in [-0.3, -0.25) is 4.79 Å². The summed E-state index contributed by atoms with van der Waals surface area (Å²) in [6.45, 7) is 1.42. The van der Waals surface area contributed by atoms with Gasteiger partial charge in [-0.1, -0.05) is 11.6 Å². The fraction of sp³-hybridized carbons (Fsp3) is 0.125. The average molecular weight is 383 g/mol. The lowest BCUT2D eigenvalue weighted by atomic mass is 10.2. The van der Waals surface area contributed by atoms with Crippen LogP contribution in [0, 0.1) is 0 Å². The summed E-state index contributed by atoms with van der Waals surface area (Å²) in [5.41, 5.74) is 0.605. The maximum absolute atomic E-state index is 12.1. The molecule has 0 unspecified atom stereocenters. The Morgan fingerprint density at radius 3 is 2.16 bits per heavy atom. The molecule has 0 aliphatic rings. The van der Waals surface area contributed by atoms with Crippen LogP contribution in [0.5, 0.6) is 0 Å². The highest BCUT2D eigenvalue weighted by atomic mass is 35.5. The summed E-state index contributed by atoms with van der Waals surface area (Å²) in [5.74, 6) is -1.23.